The van der Waals surface area contributed by atoms with Crippen LogP contribution in [0.15, 0.2) is 42.5 Å². The number of aryl methyl sites for hydroxylation is 1. The number of hydrogen-bond donors (Lipinski definition) is 1. The molecule has 0 unspecified atom stereocenters. The molecule has 1 aliphatic heterocycles. The maximum absolute atomic E-state index is 14.0. The van der Waals surface area contributed by atoms with Crippen LogP contribution in [0.1, 0.15) is 22.4 Å². The summed E-state index contributed by atoms with van der Waals surface area (Å²) < 4.78 is 15.8. The molecule has 138 valence electrons. The van der Waals surface area contributed by atoms with E-state index >= 15 is 0 Å². The summed E-state index contributed by atoms with van der Waals surface area (Å²) in [6.07, 6.45) is -0.132. The average molecular weight is 402 g/mol. The molecule has 0 bridgehead atoms. The van der Waals surface area contributed by atoms with Crippen molar-refractivity contribution >= 4 is 35.1 Å². The van der Waals surface area contributed by atoms with Crippen LogP contribution in [0.5, 0.6) is 0 Å². The van der Waals surface area contributed by atoms with Gasteiger partial charge in [-0.1, -0.05) is 35.4 Å². The fourth-order valence-corrected chi connectivity index (χ4v) is 4.32. The predicted molar refractivity (Wildman–Crippen MR) is 107 cm³/mol. The summed E-state index contributed by atoms with van der Waals surface area (Å²) in [5.41, 5.74) is 4.21. The molecule has 0 aliphatic carbocycles. The van der Waals surface area contributed by atoms with Crippen molar-refractivity contribution < 1.29 is 9.18 Å². The van der Waals surface area contributed by atoms with Crippen LogP contribution in [-0.4, -0.2) is 15.7 Å². The van der Waals surface area contributed by atoms with E-state index in [9.17, 15) is 9.18 Å². The Labute approximate surface area is 165 Å². The second-order valence-corrected chi connectivity index (χ2v) is 7.83. The molecule has 7 heteroatoms. The van der Waals surface area contributed by atoms with E-state index in [4.69, 9.17) is 11.6 Å². The number of fused-ring (bicyclic) bond motifs is 1. The first kappa shape index (κ1) is 18.1. The lowest BCUT2D eigenvalue weighted by atomic mass is 10.1. The fraction of sp³-hybridized carbons (Fsp3) is 0.200. The average Bonchev–Trinajstić information content (AvgIpc) is 3.22. The van der Waals surface area contributed by atoms with Gasteiger partial charge in [-0.05, 0) is 31.2 Å². The van der Waals surface area contributed by atoms with Gasteiger partial charge < -0.3 is 5.32 Å². The van der Waals surface area contributed by atoms with Crippen molar-refractivity contribution in [1.82, 2.24) is 9.78 Å². The number of aromatic nitrogens is 2. The van der Waals surface area contributed by atoms with Gasteiger partial charge in [-0.25, -0.2) is 9.07 Å². The summed E-state index contributed by atoms with van der Waals surface area (Å²) in [4.78, 5) is 12.6. The van der Waals surface area contributed by atoms with Crippen LogP contribution in [0.25, 0.3) is 5.69 Å². The monoisotopic (exact) mass is 401 g/mol. The van der Waals surface area contributed by atoms with Gasteiger partial charge in [0.1, 0.15) is 11.6 Å². The Morgan fingerprint density at radius 2 is 2.04 bits per heavy atom. The zero-order valence-corrected chi connectivity index (χ0v) is 16.2. The first-order chi connectivity index (χ1) is 13.0. The first-order valence-electron chi connectivity index (χ1n) is 8.51. The van der Waals surface area contributed by atoms with E-state index in [1.165, 1.54) is 12.1 Å². The third-order valence-corrected chi connectivity index (χ3v) is 5.81. The highest BCUT2D eigenvalue weighted by Gasteiger charge is 2.25. The Kier molecular flexibility index (Phi) is 4.93. The van der Waals surface area contributed by atoms with Gasteiger partial charge in [0.05, 0.1) is 17.8 Å². The van der Waals surface area contributed by atoms with Gasteiger partial charge in [0.25, 0.3) is 0 Å². The molecule has 0 atom stereocenters. The molecule has 1 N–H and O–H groups in total. The number of halogens is 2. The van der Waals surface area contributed by atoms with Gasteiger partial charge in [0.15, 0.2) is 0 Å². The number of carbonyl (C=O) groups excluding carboxylic acids is 1. The van der Waals surface area contributed by atoms with Crippen LogP contribution >= 0.6 is 23.4 Å². The van der Waals surface area contributed by atoms with E-state index < -0.39 is 5.82 Å². The molecule has 0 fully saturated rings. The first-order valence-corrected chi connectivity index (χ1v) is 10.0. The maximum Gasteiger partial charge on any atom is 0.230 e. The maximum atomic E-state index is 14.0. The van der Waals surface area contributed by atoms with Crippen molar-refractivity contribution in [3.63, 3.8) is 0 Å². The lowest BCUT2D eigenvalue weighted by molar-refractivity contribution is -0.115. The van der Waals surface area contributed by atoms with E-state index in [1.807, 2.05) is 31.2 Å². The van der Waals surface area contributed by atoms with Crippen LogP contribution < -0.4 is 5.32 Å². The minimum atomic E-state index is -0.481. The number of nitrogens with one attached hydrogen (secondary N) is 1. The van der Waals surface area contributed by atoms with Crippen LogP contribution in [-0.2, 0) is 22.7 Å². The van der Waals surface area contributed by atoms with Crippen molar-refractivity contribution in [2.75, 3.05) is 5.32 Å². The molecule has 0 saturated carbocycles. The highest BCUT2D eigenvalue weighted by Crippen LogP contribution is 2.36. The molecular weight excluding hydrogens is 385 g/mol. The number of nitrogens with zero attached hydrogens (tertiary/aromatic N) is 2. The second kappa shape index (κ2) is 7.37. The fourth-order valence-electron chi connectivity index (χ4n) is 3.05. The van der Waals surface area contributed by atoms with Crippen LogP contribution in [0.2, 0.25) is 5.02 Å². The van der Waals surface area contributed by atoms with Gasteiger partial charge in [0, 0.05) is 27.7 Å². The van der Waals surface area contributed by atoms with Gasteiger partial charge >= 0.3 is 0 Å². The summed E-state index contributed by atoms with van der Waals surface area (Å²) in [6.45, 7) is 2.02. The van der Waals surface area contributed by atoms with Gasteiger partial charge in [-0.3, -0.25) is 4.79 Å². The Morgan fingerprint density at radius 1 is 1.26 bits per heavy atom. The van der Waals surface area contributed by atoms with Crippen molar-refractivity contribution in [3.05, 3.63) is 75.7 Å². The minimum Gasteiger partial charge on any atom is -0.310 e. The summed E-state index contributed by atoms with van der Waals surface area (Å²) in [6, 6.07) is 12.3. The lowest BCUT2D eigenvalue weighted by Gasteiger charge is -2.12. The quantitative estimate of drug-likeness (QED) is 0.676. The Balaban J connectivity index is 1.65. The number of thioether (sulfide) groups is 1. The van der Waals surface area contributed by atoms with E-state index in [0.717, 1.165) is 34.0 Å². The molecule has 4 rings (SSSR count). The molecule has 0 saturated heterocycles. The summed E-state index contributed by atoms with van der Waals surface area (Å²) in [5.74, 6) is 1.45. The van der Waals surface area contributed by atoms with Crippen LogP contribution in [0, 0.1) is 12.7 Å². The van der Waals surface area contributed by atoms with Crippen LogP contribution in [0.4, 0.5) is 10.2 Å². The molecule has 3 aromatic rings. The van der Waals surface area contributed by atoms with Crippen molar-refractivity contribution in [2.24, 2.45) is 0 Å². The van der Waals surface area contributed by atoms with E-state index in [-0.39, 0.29) is 22.9 Å². The highest BCUT2D eigenvalue weighted by molar-refractivity contribution is 7.98. The molecule has 27 heavy (non-hydrogen) atoms. The summed E-state index contributed by atoms with van der Waals surface area (Å²) in [7, 11) is 0. The number of benzene rings is 2. The summed E-state index contributed by atoms with van der Waals surface area (Å²) >= 11 is 7.81. The normalized spacial score (nSPS) is 12.9. The molecule has 2 aromatic carbocycles. The zero-order valence-electron chi connectivity index (χ0n) is 14.6. The number of rotatable bonds is 4. The third-order valence-electron chi connectivity index (χ3n) is 4.49. The van der Waals surface area contributed by atoms with Gasteiger partial charge in [-0.2, -0.15) is 16.9 Å². The lowest BCUT2D eigenvalue weighted by Crippen LogP contribution is -2.19. The number of hydrogen-bond acceptors (Lipinski definition) is 3. The second-order valence-electron chi connectivity index (χ2n) is 6.44. The zero-order chi connectivity index (χ0) is 19.0. The van der Waals surface area contributed by atoms with E-state index in [0.29, 0.717) is 5.82 Å². The molecule has 1 aromatic heterocycles. The van der Waals surface area contributed by atoms with Crippen molar-refractivity contribution in [1.29, 1.82) is 0 Å². The number of carbonyl (C=O) groups is 1. The highest BCUT2D eigenvalue weighted by atomic mass is 35.5. The third kappa shape index (κ3) is 3.59. The number of amides is 1. The van der Waals surface area contributed by atoms with Crippen molar-refractivity contribution in [3.8, 4) is 5.69 Å². The molecule has 2 heterocycles. The van der Waals surface area contributed by atoms with E-state index in [2.05, 4.69) is 10.4 Å². The molecule has 1 amide bonds. The van der Waals surface area contributed by atoms with E-state index in [1.54, 1.807) is 22.5 Å². The molecule has 0 spiro atoms. The SMILES string of the molecule is Cc1ccc(-n2nc3c(c2NC(=O)Cc2c(F)cccc2Cl)CSC3)cc1. The minimum absolute atomic E-state index is 0.132. The standard InChI is InChI=1S/C20H17ClFN3OS/c1-12-5-7-13(8-6-12)25-20(15-10-27-11-18(15)24-25)23-19(26)9-14-16(21)3-2-4-17(14)22/h2-8H,9-11H2,1H3,(H,23,26). The van der Waals surface area contributed by atoms with Gasteiger partial charge in [-0.15, -0.1) is 0 Å². The molecular formula is C20H17ClFN3OS. The number of anilines is 1. The van der Waals surface area contributed by atoms with Crippen molar-refractivity contribution in [2.45, 2.75) is 24.9 Å². The Morgan fingerprint density at radius 3 is 2.78 bits per heavy atom. The molecule has 4 nitrogen and oxygen atoms in total. The van der Waals surface area contributed by atoms with Gasteiger partial charge in [0.2, 0.25) is 5.91 Å². The largest absolute Gasteiger partial charge is 0.310 e. The summed E-state index contributed by atoms with van der Waals surface area (Å²) in [5, 5.41) is 7.84. The smallest absolute Gasteiger partial charge is 0.230 e. The Hall–Kier alpha value is -2.31. The molecule has 1 aliphatic rings. The van der Waals surface area contributed by atoms with Crippen LogP contribution in [0.3, 0.4) is 0 Å². The Bertz CT molecular complexity index is 997. The topological polar surface area (TPSA) is 46.9 Å². The molecule has 0 radical (unpaired) electrons. The predicted octanol–water partition coefficient (Wildman–Crippen LogP) is 4.90.